The molecule has 7 heteroatoms. The number of thiazole rings is 1. The van der Waals surface area contributed by atoms with Crippen LogP contribution in [0.3, 0.4) is 0 Å². The molecule has 0 unspecified atom stereocenters. The fraction of sp³-hybridized carbons (Fsp3) is 0.318. The predicted molar refractivity (Wildman–Crippen MR) is 118 cm³/mol. The topological polar surface area (TPSA) is 60.7 Å². The third-order valence-corrected chi connectivity index (χ3v) is 6.32. The van der Waals surface area contributed by atoms with E-state index in [1.54, 1.807) is 23.3 Å². The number of hydrogen-bond donors (Lipinski definition) is 0. The second-order valence-electron chi connectivity index (χ2n) is 6.72. The summed E-state index contributed by atoms with van der Waals surface area (Å²) < 4.78 is 7.86. The Hall–Kier alpha value is -2.38. The number of rotatable bonds is 6. The number of esters is 1. The number of benzene rings is 2. The van der Waals surface area contributed by atoms with E-state index < -0.39 is 0 Å². The highest BCUT2D eigenvalue weighted by atomic mass is 32.2. The Kier molecular flexibility index (Phi) is 6.92. The van der Waals surface area contributed by atoms with Crippen LogP contribution in [-0.4, -0.2) is 29.3 Å². The van der Waals surface area contributed by atoms with Crippen molar-refractivity contribution in [2.75, 3.05) is 12.9 Å². The SMILES string of the molecule is CCOC(=O)Cn1c(=NC(=O)Cc2cc(C)ccc2C)sc2cc(SC)ccc21. The van der Waals surface area contributed by atoms with Gasteiger partial charge in [-0.15, -0.1) is 11.8 Å². The summed E-state index contributed by atoms with van der Waals surface area (Å²) in [5, 5.41) is 0. The zero-order valence-electron chi connectivity index (χ0n) is 17.0. The Labute approximate surface area is 178 Å². The number of amides is 1. The van der Waals surface area contributed by atoms with E-state index in [2.05, 4.69) is 11.1 Å². The van der Waals surface area contributed by atoms with Gasteiger partial charge < -0.3 is 9.30 Å². The van der Waals surface area contributed by atoms with Crippen LogP contribution in [0.1, 0.15) is 23.6 Å². The van der Waals surface area contributed by atoms with Crippen molar-refractivity contribution in [1.29, 1.82) is 0 Å². The number of aryl methyl sites for hydroxylation is 2. The predicted octanol–water partition coefficient (Wildman–Crippen LogP) is 4.27. The van der Waals surface area contributed by atoms with Gasteiger partial charge in [0.1, 0.15) is 6.54 Å². The fourth-order valence-corrected chi connectivity index (χ4v) is 4.65. The van der Waals surface area contributed by atoms with E-state index in [0.717, 1.165) is 31.8 Å². The van der Waals surface area contributed by atoms with Crippen LogP contribution in [0.15, 0.2) is 46.3 Å². The first-order valence-electron chi connectivity index (χ1n) is 9.38. The molecular weight excluding hydrogens is 404 g/mol. The number of carbonyl (C=O) groups is 2. The van der Waals surface area contributed by atoms with Crippen molar-refractivity contribution in [3.8, 4) is 0 Å². The van der Waals surface area contributed by atoms with E-state index in [4.69, 9.17) is 4.74 Å². The van der Waals surface area contributed by atoms with Crippen molar-refractivity contribution in [1.82, 2.24) is 4.57 Å². The average Bonchev–Trinajstić information content (AvgIpc) is 3.00. The van der Waals surface area contributed by atoms with Crippen molar-refractivity contribution >= 4 is 45.2 Å². The minimum atomic E-state index is -0.343. The van der Waals surface area contributed by atoms with Gasteiger partial charge in [0.15, 0.2) is 4.80 Å². The molecule has 0 atom stereocenters. The third-order valence-electron chi connectivity index (χ3n) is 4.55. The maximum absolute atomic E-state index is 12.7. The number of hydrogen-bond acceptors (Lipinski definition) is 5. The van der Waals surface area contributed by atoms with Crippen molar-refractivity contribution in [3.05, 3.63) is 57.9 Å². The lowest BCUT2D eigenvalue weighted by atomic mass is 10.0. The molecule has 0 saturated heterocycles. The number of aromatic nitrogens is 1. The van der Waals surface area contributed by atoms with Crippen LogP contribution in [0.25, 0.3) is 10.2 Å². The number of carbonyl (C=O) groups excluding carboxylic acids is 2. The van der Waals surface area contributed by atoms with Gasteiger partial charge in [-0.25, -0.2) is 0 Å². The molecule has 1 amide bonds. The number of fused-ring (bicyclic) bond motifs is 1. The van der Waals surface area contributed by atoms with E-state index in [0.29, 0.717) is 11.4 Å². The summed E-state index contributed by atoms with van der Waals surface area (Å²) in [4.78, 5) is 30.8. The van der Waals surface area contributed by atoms with Crippen LogP contribution in [0.4, 0.5) is 0 Å². The molecule has 0 aliphatic heterocycles. The number of thioether (sulfide) groups is 1. The van der Waals surface area contributed by atoms with Gasteiger partial charge in [-0.1, -0.05) is 35.1 Å². The summed E-state index contributed by atoms with van der Waals surface area (Å²) >= 11 is 3.06. The van der Waals surface area contributed by atoms with Gasteiger partial charge in [0.25, 0.3) is 5.91 Å². The summed E-state index contributed by atoms with van der Waals surface area (Å²) in [6, 6.07) is 12.1. The lowest BCUT2D eigenvalue weighted by molar-refractivity contribution is -0.143. The van der Waals surface area contributed by atoms with E-state index >= 15 is 0 Å². The molecular formula is C22H24N2O3S2. The zero-order chi connectivity index (χ0) is 21.0. The molecule has 0 bridgehead atoms. The van der Waals surface area contributed by atoms with Crippen LogP contribution < -0.4 is 4.80 Å². The molecule has 0 spiro atoms. The molecule has 3 rings (SSSR count). The number of nitrogens with zero attached hydrogens (tertiary/aromatic N) is 2. The highest BCUT2D eigenvalue weighted by Gasteiger charge is 2.13. The Balaban J connectivity index is 2.02. The largest absolute Gasteiger partial charge is 0.465 e. The van der Waals surface area contributed by atoms with Crippen molar-refractivity contribution < 1.29 is 14.3 Å². The molecule has 1 aromatic heterocycles. The standard InChI is InChI=1S/C22H24N2O3S2/c1-5-27-21(26)13-24-18-9-8-17(28-4)12-19(18)29-22(24)23-20(25)11-16-10-14(2)6-7-15(16)3/h6-10,12H,5,11,13H2,1-4H3. The molecule has 0 aliphatic rings. The second-order valence-corrected chi connectivity index (χ2v) is 8.61. The molecule has 29 heavy (non-hydrogen) atoms. The molecule has 3 aromatic rings. The van der Waals surface area contributed by atoms with Gasteiger partial charge >= 0.3 is 5.97 Å². The van der Waals surface area contributed by atoms with Crippen molar-refractivity contribution in [2.24, 2.45) is 4.99 Å². The molecule has 1 heterocycles. The Bertz CT molecular complexity index is 1130. The summed E-state index contributed by atoms with van der Waals surface area (Å²) in [6.45, 7) is 6.12. The molecule has 5 nitrogen and oxygen atoms in total. The summed E-state index contributed by atoms with van der Waals surface area (Å²) in [5.74, 6) is -0.572. The first-order valence-corrected chi connectivity index (χ1v) is 11.4. The van der Waals surface area contributed by atoms with E-state index in [1.165, 1.54) is 11.3 Å². The summed E-state index contributed by atoms with van der Waals surface area (Å²) in [6.07, 6.45) is 2.25. The molecule has 0 aliphatic carbocycles. The lowest BCUT2D eigenvalue weighted by Crippen LogP contribution is -2.23. The Morgan fingerprint density at radius 2 is 1.97 bits per heavy atom. The van der Waals surface area contributed by atoms with Gasteiger partial charge in [0, 0.05) is 4.90 Å². The van der Waals surface area contributed by atoms with Crippen LogP contribution in [0.5, 0.6) is 0 Å². The van der Waals surface area contributed by atoms with E-state index in [9.17, 15) is 9.59 Å². The molecule has 0 saturated carbocycles. The summed E-state index contributed by atoms with van der Waals surface area (Å²) in [5.41, 5.74) is 4.03. The number of ether oxygens (including phenoxy) is 1. The van der Waals surface area contributed by atoms with Crippen LogP contribution in [-0.2, 0) is 27.3 Å². The Morgan fingerprint density at radius 3 is 2.69 bits per heavy atom. The van der Waals surface area contributed by atoms with Gasteiger partial charge in [-0.05, 0) is 56.4 Å². The molecule has 2 aromatic carbocycles. The lowest BCUT2D eigenvalue weighted by Gasteiger charge is -2.06. The first kappa shape index (κ1) is 21.3. The van der Waals surface area contributed by atoms with Crippen LogP contribution >= 0.6 is 23.1 Å². The van der Waals surface area contributed by atoms with Crippen molar-refractivity contribution in [3.63, 3.8) is 0 Å². The quantitative estimate of drug-likeness (QED) is 0.434. The highest BCUT2D eigenvalue weighted by molar-refractivity contribution is 7.98. The molecule has 0 radical (unpaired) electrons. The zero-order valence-corrected chi connectivity index (χ0v) is 18.7. The molecule has 0 N–H and O–H groups in total. The minimum Gasteiger partial charge on any atom is -0.465 e. The monoisotopic (exact) mass is 428 g/mol. The van der Waals surface area contributed by atoms with Gasteiger partial charge in [0.05, 0.1) is 23.2 Å². The van der Waals surface area contributed by atoms with Gasteiger partial charge in [-0.3, -0.25) is 9.59 Å². The normalized spacial score (nSPS) is 11.8. The van der Waals surface area contributed by atoms with Gasteiger partial charge in [0.2, 0.25) is 0 Å². The molecule has 0 fully saturated rings. The first-order chi connectivity index (χ1) is 13.9. The van der Waals surface area contributed by atoms with Crippen molar-refractivity contribution in [2.45, 2.75) is 38.6 Å². The highest BCUT2D eigenvalue weighted by Crippen LogP contribution is 2.24. The third kappa shape index (κ3) is 5.16. The van der Waals surface area contributed by atoms with Crippen LogP contribution in [0.2, 0.25) is 0 Å². The van der Waals surface area contributed by atoms with Crippen LogP contribution in [0, 0.1) is 13.8 Å². The smallest absolute Gasteiger partial charge is 0.326 e. The minimum absolute atomic E-state index is 0.0298. The maximum Gasteiger partial charge on any atom is 0.326 e. The van der Waals surface area contributed by atoms with Gasteiger partial charge in [-0.2, -0.15) is 4.99 Å². The summed E-state index contributed by atoms with van der Waals surface area (Å²) in [7, 11) is 0. The maximum atomic E-state index is 12.7. The van der Waals surface area contributed by atoms with E-state index in [1.807, 2.05) is 50.4 Å². The fourth-order valence-electron chi connectivity index (χ4n) is 3.05. The molecule has 152 valence electrons. The average molecular weight is 429 g/mol. The van der Waals surface area contributed by atoms with E-state index in [-0.39, 0.29) is 24.8 Å². The Morgan fingerprint density at radius 1 is 1.17 bits per heavy atom. The second kappa shape index (κ2) is 9.41.